The van der Waals surface area contributed by atoms with E-state index in [2.05, 4.69) is 10.3 Å². The summed E-state index contributed by atoms with van der Waals surface area (Å²) in [6.07, 6.45) is 1.57. The first-order chi connectivity index (χ1) is 13.6. The number of rotatable bonds is 6. The molecule has 0 fully saturated rings. The third kappa shape index (κ3) is 3.74. The van der Waals surface area contributed by atoms with Crippen LogP contribution in [0.4, 0.5) is 0 Å². The predicted octanol–water partition coefficient (Wildman–Crippen LogP) is 3.66. The number of hydrogen-bond acceptors (Lipinski definition) is 6. The van der Waals surface area contributed by atoms with Gasteiger partial charge in [0.15, 0.2) is 5.16 Å². The van der Waals surface area contributed by atoms with Crippen LogP contribution in [0.15, 0.2) is 68.5 Å². The van der Waals surface area contributed by atoms with E-state index in [0.717, 1.165) is 11.1 Å². The zero-order valence-corrected chi connectivity index (χ0v) is 16.7. The van der Waals surface area contributed by atoms with Crippen molar-refractivity contribution in [2.24, 2.45) is 7.05 Å². The fourth-order valence-electron chi connectivity index (χ4n) is 2.79. The van der Waals surface area contributed by atoms with E-state index in [1.54, 1.807) is 25.4 Å². The minimum atomic E-state index is -0.146. The number of fused-ring (bicyclic) bond motifs is 1. The molecule has 8 heteroatoms. The minimum Gasteiger partial charge on any atom is -0.467 e. The molecule has 28 heavy (non-hydrogen) atoms. The maximum Gasteiger partial charge on any atom is 0.263 e. The molecule has 0 bridgehead atoms. The molecule has 1 N–H and O–H groups in total. The van der Waals surface area contributed by atoms with Crippen LogP contribution in [0.3, 0.4) is 0 Å². The standard InChI is InChI=1S/C20H17N3O3S2/c1-23-19(25)17-15(13-6-3-2-4-7-13)11-27-18(17)22-20(23)28-12-16(24)21-10-14-8-5-9-26-14/h2-9,11H,10,12H2,1H3,(H,21,24). The average molecular weight is 412 g/mol. The molecule has 3 aromatic heterocycles. The monoisotopic (exact) mass is 411 g/mol. The summed E-state index contributed by atoms with van der Waals surface area (Å²) in [4.78, 5) is 30.3. The van der Waals surface area contributed by atoms with Crippen molar-refractivity contribution in [1.29, 1.82) is 0 Å². The molecule has 4 aromatic rings. The van der Waals surface area contributed by atoms with Gasteiger partial charge >= 0.3 is 0 Å². The number of aromatic nitrogens is 2. The average Bonchev–Trinajstić information content (AvgIpc) is 3.38. The molecule has 142 valence electrons. The number of benzene rings is 1. The van der Waals surface area contributed by atoms with Crippen molar-refractivity contribution in [2.45, 2.75) is 11.7 Å². The molecule has 4 rings (SSSR count). The van der Waals surface area contributed by atoms with E-state index >= 15 is 0 Å². The molecule has 0 saturated carbocycles. The number of thioether (sulfide) groups is 1. The number of nitrogens with one attached hydrogen (secondary N) is 1. The lowest BCUT2D eigenvalue weighted by molar-refractivity contribution is -0.118. The van der Waals surface area contributed by atoms with E-state index in [0.29, 0.717) is 27.7 Å². The van der Waals surface area contributed by atoms with Gasteiger partial charge in [0.2, 0.25) is 5.91 Å². The van der Waals surface area contributed by atoms with Gasteiger partial charge in [-0.15, -0.1) is 11.3 Å². The zero-order valence-electron chi connectivity index (χ0n) is 15.0. The van der Waals surface area contributed by atoms with Crippen LogP contribution < -0.4 is 10.9 Å². The van der Waals surface area contributed by atoms with Gasteiger partial charge < -0.3 is 9.73 Å². The van der Waals surface area contributed by atoms with Crippen molar-refractivity contribution in [3.63, 3.8) is 0 Å². The second kappa shape index (κ2) is 8.04. The third-order valence-corrected chi connectivity index (χ3v) is 6.13. The number of nitrogens with zero attached hydrogens (tertiary/aromatic N) is 2. The van der Waals surface area contributed by atoms with Crippen LogP contribution >= 0.6 is 23.1 Å². The van der Waals surface area contributed by atoms with Crippen LogP contribution in [0, 0.1) is 0 Å². The second-order valence-electron chi connectivity index (χ2n) is 6.10. The van der Waals surface area contributed by atoms with E-state index < -0.39 is 0 Å². The highest BCUT2D eigenvalue weighted by Gasteiger charge is 2.16. The number of amides is 1. The smallest absolute Gasteiger partial charge is 0.263 e. The molecule has 1 aromatic carbocycles. The lowest BCUT2D eigenvalue weighted by Gasteiger charge is -2.08. The molecule has 0 aliphatic heterocycles. The van der Waals surface area contributed by atoms with Crippen molar-refractivity contribution in [3.05, 3.63) is 70.2 Å². The normalized spacial score (nSPS) is 11.0. The predicted molar refractivity (Wildman–Crippen MR) is 112 cm³/mol. The van der Waals surface area contributed by atoms with Crippen molar-refractivity contribution in [2.75, 3.05) is 5.75 Å². The SMILES string of the molecule is Cn1c(SCC(=O)NCc2ccco2)nc2scc(-c3ccccc3)c2c1=O. The molecule has 6 nitrogen and oxygen atoms in total. The Morgan fingerprint density at radius 1 is 1.25 bits per heavy atom. The number of carbonyl (C=O) groups excluding carboxylic acids is 1. The molecular formula is C20H17N3O3S2. The van der Waals surface area contributed by atoms with E-state index in [1.165, 1.54) is 27.7 Å². The summed E-state index contributed by atoms with van der Waals surface area (Å²) >= 11 is 2.68. The highest BCUT2D eigenvalue weighted by Crippen LogP contribution is 2.31. The number of thiophene rings is 1. The van der Waals surface area contributed by atoms with Gasteiger partial charge in [0.25, 0.3) is 5.56 Å². The van der Waals surface area contributed by atoms with Crippen molar-refractivity contribution in [3.8, 4) is 11.1 Å². The topological polar surface area (TPSA) is 77.1 Å². The van der Waals surface area contributed by atoms with Gasteiger partial charge in [0, 0.05) is 18.0 Å². The van der Waals surface area contributed by atoms with Crippen molar-refractivity contribution >= 4 is 39.2 Å². The molecule has 0 unspecified atom stereocenters. The first-order valence-corrected chi connectivity index (χ1v) is 10.5. The molecule has 0 atom stereocenters. The Bertz CT molecular complexity index is 1160. The zero-order chi connectivity index (χ0) is 19.5. The summed E-state index contributed by atoms with van der Waals surface area (Å²) in [6, 6.07) is 13.4. The molecule has 0 aliphatic rings. The maximum atomic E-state index is 12.9. The molecule has 0 aliphatic carbocycles. The second-order valence-corrected chi connectivity index (χ2v) is 7.90. The minimum absolute atomic E-state index is 0.108. The van der Waals surface area contributed by atoms with E-state index in [1.807, 2.05) is 35.7 Å². The van der Waals surface area contributed by atoms with Crippen LogP contribution in [0.25, 0.3) is 21.3 Å². The molecule has 0 radical (unpaired) electrons. The fraction of sp³-hybridized carbons (Fsp3) is 0.150. The molecule has 0 spiro atoms. The number of hydrogen-bond donors (Lipinski definition) is 1. The van der Waals surface area contributed by atoms with Crippen LogP contribution in [-0.2, 0) is 18.4 Å². The Morgan fingerprint density at radius 2 is 2.07 bits per heavy atom. The van der Waals surface area contributed by atoms with Crippen LogP contribution in [0.1, 0.15) is 5.76 Å². The van der Waals surface area contributed by atoms with Gasteiger partial charge in [-0.2, -0.15) is 0 Å². The Balaban J connectivity index is 1.53. The van der Waals surface area contributed by atoms with Gasteiger partial charge in [-0.1, -0.05) is 42.1 Å². The Hall–Kier alpha value is -2.84. The summed E-state index contributed by atoms with van der Waals surface area (Å²) in [6.45, 7) is 0.336. The molecule has 1 amide bonds. The first kappa shape index (κ1) is 18.5. The highest BCUT2D eigenvalue weighted by molar-refractivity contribution is 7.99. The van der Waals surface area contributed by atoms with Gasteiger partial charge in [-0.3, -0.25) is 14.2 Å². The number of furan rings is 1. The molecule has 3 heterocycles. The lowest BCUT2D eigenvalue weighted by Crippen LogP contribution is -2.25. The van der Waals surface area contributed by atoms with Crippen LogP contribution in [0.5, 0.6) is 0 Å². The summed E-state index contributed by atoms with van der Waals surface area (Å²) < 4.78 is 6.70. The van der Waals surface area contributed by atoms with Crippen LogP contribution in [0.2, 0.25) is 0 Å². The maximum absolute atomic E-state index is 12.9. The Labute approximate surface area is 169 Å². The molecular weight excluding hydrogens is 394 g/mol. The Morgan fingerprint density at radius 3 is 2.82 bits per heavy atom. The number of carbonyl (C=O) groups is 1. The van der Waals surface area contributed by atoms with Gasteiger partial charge in [0.1, 0.15) is 10.6 Å². The summed E-state index contributed by atoms with van der Waals surface area (Å²) in [5.74, 6) is 0.716. The summed E-state index contributed by atoms with van der Waals surface area (Å²) in [7, 11) is 1.68. The third-order valence-electron chi connectivity index (χ3n) is 4.23. The van der Waals surface area contributed by atoms with E-state index in [4.69, 9.17) is 4.42 Å². The van der Waals surface area contributed by atoms with Gasteiger partial charge in [0.05, 0.1) is 23.9 Å². The van der Waals surface area contributed by atoms with Crippen LogP contribution in [-0.4, -0.2) is 21.2 Å². The van der Waals surface area contributed by atoms with Gasteiger partial charge in [-0.05, 0) is 17.7 Å². The van der Waals surface area contributed by atoms with Crippen molar-refractivity contribution < 1.29 is 9.21 Å². The quantitative estimate of drug-likeness (QED) is 0.387. The van der Waals surface area contributed by atoms with Gasteiger partial charge in [-0.25, -0.2) is 4.98 Å². The lowest BCUT2D eigenvalue weighted by atomic mass is 10.1. The van der Waals surface area contributed by atoms with E-state index in [9.17, 15) is 9.59 Å². The molecule has 0 saturated heterocycles. The summed E-state index contributed by atoms with van der Waals surface area (Å²) in [5.41, 5.74) is 1.77. The first-order valence-electron chi connectivity index (χ1n) is 8.59. The Kier molecular flexibility index (Phi) is 5.31. The summed E-state index contributed by atoms with van der Waals surface area (Å²) in [5, 5.41) is 5.88. The van der Waals surface area contributed by atoms with E-state index in [-0.39, 0.29) is 17.2 Å². The largest absolute Gasteiger partial charge is 0.467 e. The van der Waals surface area contributed by atoms with Crippen molar-refractivity contribution in [1.82, 2.24) is 14.9 Å². The fourth-order valence-corrected chi connectivity index (χ4v) is 4.58. The highest BCUT2D eigenvalue weighted by atomic mass is 32.2.